The number of anilines is 3. The van der Waals surface area contributed by atoms with E-state index in [1.165, 1.54) is 6.92 Å². The number of halogens is 3. The maximum atomic E-state index is 15.0. The second-order valence-corrected chi connectivity index (χ2v) is 10.4. The molecule has 45 heavy (non-hydrogen) atoms. The van der Waals surface area contributed by atoms with Crippen LogP contribution in [0.5, 0.6) is 0 Å². The van der Waals surface area contributed by atoms with E-state index >= 15 is 0 Å². The van der Waals surface area contributed by atoms with Crippen LogP contribution >= 0.6 is 0 Å². The van der Waals surface area contributed by atoms with Gasteiger partial charge in [-0.3, -0.25) is 18.9 Å². The molecule has 5 rings (SSSR count). The average Bonchev–Trinajstić information content (AvgIpc) is 3.55. The Balaban J connectivity index is 1.88. The highest BCUT2D eigenvalue weighted by molar-refractivity contribution is 6.09. The molecule has 0 atom stereocenters. The summed E-state index contributed by atoms with van der Waals surface area (Å²) in [5, 5.41) is 4.33. The highest BCUT2D eigenvalue weighted by Gasteiger charge is 2.45. The first kappa shape index (κ1) is 31.0. The highest BCUT2D eigenvalue weighted by Crippen LogP contribution is 2.50. The van der Waals surface area contributed by atoms with Crippen LogP contribution in [-0.2, 0) is 17.5 Å². The number of aromatic nitrogens is 4. The number of pyridine rings is 1. The number of hydrogen-bond acceptors (Lipinski definition) is 4. The van der Waals surface area contributed by atoms with Gasteiger partial charge >= 0.3 is 6.18 Å². The number of carbonyl (C=O) groups excluding carboxylic acids is 2. The molecule has 0 saturated heterocycles. The molecule has 0 N–H and O–H groups in total. The van der Waals surface area contributed by atoms with Gasteiger partial charge in [0.05, 0.1) is 6.57 Å². The molecule has 0 bridgehead atoms. The molecule has 9 nitrogen and oxygen atoms in total. The number of carbonyl (C=O) groups is 2. The second-order valence-electron chi connectivity index (χ2n) is 10.4. The fourth-order valence-corrected chi connectivity index (χ4v) is 5.45. The fraction of sp³-hybridized carbons (Fsp3) is 0.242. The average molecular weight is 615 g/mol. The van der Waals surface area contributed by atoms with E-state index in [0.29, 0.717) is 5.56 Å². The highest BCUT2D eigenvalue weighted by atomic mass is 19.4. The van der Waals surface area contributed by atoms with E-state index in [-0.39, 0.29) is 29.4 Å². The predicted octanol–water partition coefficient (Wildman–Crippen LogP) is 6.84. The topological polar surface area (TPSA) is 71.1 Å². The first-order chi connectivity index (χ1) is 21.5. The van der Waals surface area contributed by atoms with Crippen LogP contribution < -0.4 is 14.4 Å². The molecule has 3 heterocycles. The number of rotatable bonds is 8. The molecular formula is C33H31F3N7O2+. The summed E-state index contributed by atoms with van der Waals surface area (Å²) in [5.74, 6) is -1.50. The van der Waals surface area contributed by atoms with Gasteiger partial charge in [0.15, 0.2) is 23.9 Å². The molecule has 230 valence electrons. The van der Waals surface area contributed by atoms with Crippen molar-refractivity contribution in [3.05, 3.63) is 102 Å². The van der Waals surface area contributed by atoms with Gasteiger partial charge in [0, 0.05) is 49.1 Å². The summed E-state index contributed by atoms with van der Waals surface area (Å²) in [5.41, 5.74) is -0.703. The lowest BCUT2D eigenvalue weighted by Gasteiger charge is -2.25. The van der Waals surface area contributed by atoms with Crippen LogP contribution in [0.3, 0.4) is 0 Å². The van der Waals surface area contributed by atoms with E-state index in [1.807, 2.05) is 13.8 Å². The molecule has 0 aliphatic carbocycles. The molecule has 2 aromatic carbocycles. The van der Waals surface area contributed by atoms with Crippen LogP contribution in [0.4, 0.5) is 35.9 Å². The Morgan fingerprint density at radius 2 is 1.62 bits per heavy atom. The zero-order chi connectivity index (χ0) is 32.5. The van der Waals surface area contributed by atoms with Gasteiger partial charge in [-0.1, -0.05) is 29.8 Å². The van der Waals surface area contributed by atoms with Crippen LogP contribution in [0.1, 0.15) is 36.8 Å². The predicted molar refractivity (Wildman–Crippen MR) is 165 cm³/mol. The quantitative estimate of drug-likeness (QED) is 0.142. The Morgan fingerprint density at radius 1 is 0.978 bits per heavy atom. The molecule has 0 aliphatic heterocycles. The Hall–Kier alpha value is -5.44. The van der Waals surface area contributed by atoms with Crippen molar-refractivity contribution in [3.8, 4) is 11.4 Å². The van der Waals surface area contributed by atoms with Crippen molar-refractivity contribution in [2.45, 2.75) is 40.4 Å². The van der Waals surface area contributed by atoms with E-state index in [0.717, 1.165) is 38.3 Å². The van der Waals surface area contributed by atoms with Crippen molar-refractivity contribution in [1.29, 1.82) is 0 Å². The minimum atomic E-state index is -5.04. The first-order valence-corrected chi connectivity index (χ1v) is 14.3. The van der Waals surface area contributed by atoms with Gasteiger partial charge in [0.2, 0.25) is 18.1 Å². The summed E-state index contributed by atoms with van der Waals surface area (Å²) in [7, 11) is 0. The van der Waals surface area contributed by atoms with Crippen molar-refractivity contribution in [3.63, 3.8) is 0 Å². The summed E-state index contributed by atoms with van der Waals surface area (Å²) < 4.78 is 48.2. The maximum absolute atomic E-state index is 15.0. The molecule has 0 spiro atoms. The first-order valence-electron chi connectivity index (χ1n) is 14.3. The lowest BCUT2D eigenvalue weighted by atomic mass is 10.1. The molecule has 0 radical (unpaired) electrons. The Kier molecular flexibility index (Phi) is 8.46. The van der Waals surface area contributed by atoms with Crippen molar-refractivity contribution < 1.29 is 27.3 Å². The van der Waals surface area contributed by atoms with Crippen LogP contribution in [-0.4, -0.2) is 39.1 Å². The minimum absolute atomic E-state index is 0.186. The van der Waals surface area contributed by atoms with Gasteiger partial charge < -0.3 is 4.90 Å². The van der Waals surface area contributed by atoms with E-state index in [2.05, 4.69) is 14.8 Å². The van der Waals surface area contributed by atoms with Gasteiger partial charge in [-0.05, 0) is 51.1 Å². The van der Waals surface area contributed by atoms with Crippen LogP contribution in [0.15, 0.2) is 79.1 Å². The Labute approximate surface area is 258 Å². The second kappa shape index (κ2) is 12.3. The molecule has 0 unspecified atom stereocenters. The normalized spacial score (nSPS) is 11.4. The van der Waals surface area contributed by atoms with Crippen molar-refractivity contribution in [2.24, 2.45) is 0 Å². The molecule has 5 aromatic rings. The standard InChI is InChI=1S/C33H31F3N7O2/c1-6-40(7-2)25-14-16-26(17-15-25)41(27(45)21-39-18-9-8-10-19-39)29-28(37-5)30(33(34,35)36)42-31(24-13-11-12-22(3)20-24)38-43(23(4)44)32(29)42/h8-20H,6-7,21H2,1-4H3/q+1. The zero-order valence-electron chi connectivity index (χ0n) is 25.2. The number of benzene rings is 2. The summed E-state index contributed by atoms with van der Waals surface area (Å²) in [6.07, 6.45) is -1.73. The van der Waals surface area contributed by atoms with Gasteiger partial charge in [-0.15, -0.1) is 5.10 Å². The molecule has 1 amide bonds. The lowest BCUT2D eigenvalue weighted by molar-refractivity contribution is -0.684. The van der Waals surface area contributed by atoms with E-state index < -0.39 is 29.4 Å². The van der Waals surface area contributed by atoms with Gasteiger partial charge in [0.25, 0.3) is 5.91 Å². The third-order valence-corrected chi connectivity index (χ3v) is 7.46. The number of hydrogen-bond donors (Lipinski definition) is 0. The van der Waals surface area contributed by atoms with E-state index in [4.69, 9.17) is 6.57 Å². The summed E-state index contributed by atoms with van der Waals surface area (Å²) in [6, 6.07) is 18.7. The fourth-order valence-electron chi connectivity index (χ4n) is 5.45. The molecule has 3 aromatic heterocycles. The lowest BCUT2D eigenvalue weighted by Crippen LogP contribution is -2.43. The maximum Gasteiger partial charge on any atom is 0.422 e. The number of aryl methyl sites for hydroxylation is 1. The smallest absolute Gasteiger partial charge is 0.372 e. The molecular weight excluding hydrogens is 583 g/mol. The van der Waals surface area contributed by atoms with Crippen molar-refractivity contribution in [2.75, 3.05) is 22.9 Å². The van der Waals surface area contributed by atoms with Crippen LogP contribution in [0, 0.1) is 13.5 Å². The van der Waals surface area contributed by atoms with E-state index in [9.17, 15) is 22.8 Å². The third kappa shape index (κ3) is 5.76. The monoisotopic (exact) mass is 614 g/mol. The summed E-state index contributed by atoms with van der Waals surface area (Å²) >= 11 is 0. The molecule has 0 aliphatic rings. The van der Waals surface area contributed by atoms with Crippen LogP contribution in [0.2, 0.25) is 0 Å². The zero-order valence-corrected chi connectivity index (χ0v) is 25.2. The SMILES string of the molecule is [C-]#[N+]c1c(N(C(=O)C[n+]2ccccc2)c2ccc(N(CC)CC)cc2)c2n(C(C)=O)nc(-c3cccc(C)c3)n2c1C(F)(F)F. The molecule has 0 fully saturated rings. The summed E-state index contributed by atoms with van der Waals surface area (Å²) in [4.78, 5) is 33.7. The number of alkyl halides is 3. The Morgan fingerprint density at radius 3 is 2.18 bits per heavy atom. The van der Waals surface area contributed by atoms with Crippen molar-refractivity contribution in [1.82, 2.24) is 14.2 Å². The van der Waals surface area contributed by atoms with Crippen molar-refractivity contribution >= 4 is 40.2 Å². The van der Waals surface area contributed by atoms with Crippen LogP contribution in [0.25, 0.3) is 21.9 Å². The number of nitrogens with zero attached hydrogens (tertiary/aromatic N) is 7. The minimum Gasteiger partial charge on any atom is -0.372 e. The molecule has 0 saturated carbocycles. The number of amides is 1. The van der Waals surface area contributed by atoms with Gasteiger partial charge in [0.1, 0.15) is 11.4 Å². The third-order valence-electron chi connectivity index (χ3n) is 7.46. The summed E-state index contributed by atoms with van der Waals surface area (Å²) in [6.45, 7) is 16.1. The number of fused-ring (bicyclic) bond motifs is 1. The van der Waals surface area contributed by atoms with Gasteiger partial charge in [-0.25, -0.2) is 4.85 Å². The Bertz CT molecular complexity index is 1920. The largest absolute Gasteiger partial charge is 0.422 e. The molecule has 12 heteroatoms. The van der Waals surface area contributed by atoms with E-state index in [1.54, 1.807) is 90.6 Å². The van der Waals surface area contributed by atoms with Gasteiger partial charge in [-0.2, -0.15) is 22.4 Å².